The summed E-state index contributed by atoms with van der Waals surface area (Å²) < 4.78 is 27.8. The monoisotopic (exact) mass is 369 g/mol. The largest absolute Gasteiger partial charge is 0.349 e. The molecule has 0 saturated carbocycles. The molecule has 0 aliphatic carbocycles. The summed E-state index contributed by atoms with van der Waals surface area (Å²) in [5, 5.41) is 11.4. The second-order valence-electron chi connectivity index (χ2n) is 5.60. The normalized spacial score (nSPS) is 12.0. The molecule has 2 aromatic rings. The third kappa shape index (κ3) is 4.79. The summed E-state index contributed by atoms with van der Waals surface area (Å²) in [7, 11) is -3.82. The van der Waals surface area contributed by atoms with E-state index in [0.717, 1.165) is 5.56 Å². The van der Waals surface area contributed by atoms with Crippen molar-refractivity contribution in [1.82, 2.24) is 10.0 Å². The zero-order chi connectivity index (χ0) is 19.2. The van der Waals surface area contributed by atoms with Crippen molar-refractivity contribution >= 4 is 15.9 Å². The van der Waals surface area contributed by atoms with Gasteiger partial charge in [0.1, 0.15) is 0 Å². The fourth-order valence-electron chi connectivity index (χ4n) is 2.29. The molecule has 0 aliphatic rings. The van der Waals surface area contributed by atoms with Crippen LogP contribution in [0.5, 0.6) is 0 Å². The Morgan fingerprint density at radius 2 is 1.96 bits per heavy atom. The minimum atomic E-state index is -3.82. The van der Waals surface area contributed by atoms with E-state index >= 15 is 0 Å². The molecule has 1 atom stereocenters. The summed E-state index contributed by atoms with van der Waals surface area (Å²) in [4.78, 5) is 12.0. The highest BCUT2D eigenvalue weighted by Gasteiger charge is 2.19. The van der Waals surface area contributed by atoms with Gasteiger partial charge >= 0.3 is 0 Å². The van der Waals surface area contributed by atoms with Crippen molar-refractivity contribution in [3.8, 4) is 6.07 Å². The first kappa shape index (κ1) is 19.4. The van der Waals surface area contributed by atoms with E-state index in [9.17, 15) is 13.2 Å². The molecule has 0 saturated heterocycles. The maximum absolute atomic E-state index is 12.6. The SMILES string of the molecule is C=CCNC(=O)c1cccc(S(=O)(=O)NC(C)c2ccc(C#N)cc2)c1. The van der Waals surface area contributed by atoms with Crippen LogP contribution in [-0.2, 0) is 10.0 Å². The Morgan fingerprint density at radius 3 is 2.58 bits per heavy atom. The van der Waals surface area contributed by atoms with Crippen LogP contribution in [0.3, 0.4) is 0 Å². The lowest BCUT2D eigenvalue weighted by molar-refractivity contribution is 0.0958. The number of nitriles is 1. The second-order valence-corrected chi connectivity index (χ2v) is 7.32. The zero-order valence-electron chi connectivity index (χ0n) is 14.3. The van der Waals surface area contributed by atoms with Gasteiger partial charge in [-0.2, -0.15) is 5.26 Å². The number of nitrogens with zero attached hydrogens (tertiary/aromatic N) is 1. The van der Waals surface area contributed by atoms with Gasteiger partial charge in [0, 0.05) is 18.2 Å². The van der Waals surface area contributed by atoms with E-state index < -0.39 is 16.1 Å². The first-order valence-electron chi connectivity index (χ1n) is 7.89. The van der Waals surface area contributed by atoms with E-state index in [1.807, 2.05) is 6.07 Å². The van der Waals surface area contributed by atoms with Gasteiger partial charge in [0.15, 0.2) is 0 Å². The minimum Gasteiger partial charge on any atom is -0.349 e. The molecule has 2 rings (SSSR count). The highest BCUT2D eigenvalue weighted by molar-refractivity contribution is 7.89. The topological polar surface area (TPSA) is 99.1 Å². The molecule has 0 fully saturated rings. The number of sulfonamides is 1. The molecule has 1 amide bonds. The maximum atomic E-state index is 12.6. The molecule has 1 unspecified atom stereocenters. The smallest absolute Gasteiger partial charge is 0.251 e. The van der Waals surface area contributed by atoms with Crippen LogP contribution in [0.1, 0.15) is 34.5 Å². The quantitative estimate of drug-likeness (QED) is 0.733. The van der Waals surface area contributed by atoms with Gasteiger partial charge in [0.05, 0.1) is 16.5 Å². The van der Waals surface area contributed by atoms with E-state index in [4.69, 9.17) is 5.26 Å². The highest BCUT2D eigenvalue weighted by atomic mass is 32.2. The number of carbonyl (C=O) groups excluding carboxylic acids is 1. The molecule has 6 nitrogen and oxygen atoms in total. The summed E-state index contributed by atoms with van der Waals surface area (Å²) in [6, 6.07) is 14.0. The van der Waals surface area contributed by atoms with Gasteiger partial charge in [-0.15, -0.1) is 6.58 Å². The lowest BCUT2D eigenvalue weighted by atomic mass is 10.1. The van der Waals surface area contributed by atoms with Gasteiger partial charge in [0.2, 0.25) is 10.0 Å². The fraction of sp³-hybridized carbons (Fsp3) is 0.158. The minimum absolute atomic E-state index is 0.00393. The number of nitrogens with one attached hydrogen (secondary N) is 2. The molecular formula is C19H19N3O3S. The molecule has 0 spiro atoms. The van der Waals surface area contributed by atoms with Gasteiger partial charge in [-0.3, -0.25) is 4.79 Å². The molecule has 2 N–H and O–H groups in total. The van der Waals surface area contributed by atoms with Crippen LogP contribution in [0.4, 0.5) is 0 Å². The number of carbonyl (C=O) groups is 1. The van der Waals surface area contributed by atoms with E-state index in [0.29, 0.717) is 12.1 Å². The molecule has 0 aromatic heterocycles. The first-order chi connectivity index (χ1) is 12.4. The summed E-state index contributed by atoms with van der Waals surface area (Å²) in [5.41, 5.74) is 1.48. The number of benzene rings is 2. The predicted octanol–water partition coefficient (Wildman–Crippen LogP) is 2.51. The Hall–Kier alpha value is -2.95. The summed E-state index contributed by atoms with van der Waals surface area (Å²) in [6.07, 6.45) is 1.54. The van der Waals surface area contributed by atoms with Crippen LogP contribution in [0.2, 0.25) is 0 Å². The third-order valence-electron chi connectivity index (χ3n) is 3.69. The number of hydrogen-bond acceptors (Lipinski definition) is 4. The van der Waals surface area contributed by atoms with Crippen molar-refractivity contribution in [3.05, 3.63) is 77.9 Å². The molecule has 0 heterocycles. The lowest BCUT2D eigenvalue weighted by Gasteiger charge is -2.15. The molecular weight excluding hydrogens is 350 g/mol. The number of hydrogen-bond donors (Lipinski definition) is 2. The predicted molar refractivity (Wildman–Crippen MR) is 98.9 cm³/mol. The van der Waals surface area contributed by atoms with Crippen molar-refractivity contribution in [2.45, 2.75) is 17.9 Å². The van der Waals surface area contributed by atoms with Crippen LogP contribution in [0.15, 0.2) is 66.1 Å². The van der Waals surface area contributed by atoms with Crippen LogP contribution in [0, 0.1) is 11.3 Å². The molecule has 26 heavy (non-hydrogen) atoms. The van der Waals surface area contributed by atoms with Crippen LogP contribution in [-0.4, -0.2) is 20.9 Å². The van der Waals surface area contributed by atoms with E-state index in [2.05, 4.69) is 16.6 Å². The van der Waals surface area contributed by atoms with E-state index in [1.165, 1.54) is 18.2 Å². The van der Waals surface area contributed by atoms with Gasteiger partial charge in [-0.05, 0) is 42.8 Å². The summed E-state index contributed by atoms with van der Waals surface area (Å²) in [5.74, 6) is -0.373. The van der Waals surface area contributed by atoms with Crippen molar-refractivity contribution < 1.29 is 13.2 Å². The molecule has 7 heteroatoms. The van der Waals surface area contributed by atoms with Crippen LogP contribution in [0.25, 0.3) is 0 Å². The molecule has 134 valence electrons. The molecule has 0 radical (unpaired) electrons. The van der Waals surface area contributed by atoms with Gasteiger partial charge in [-0.25, -0.2) is 13.1 Å². The average Bonchev–Trinajstić information content (AvgIpc) is 2.66. The summed E-state index contributed by atoms with van der Waals surface area (Å²) >= 11 is 0. The average molecular weight is 369 g/mol. The Labute approximate surface area is 153 Å². The fourth-order valence-corrected chi connectivity index (χ4v) is 3.56. The Kier molecular flexibility index (Phi) is 6.28. The third-order valence-corrected chi connectivity index (χ3v) is 5.22. The first-order valence-corrected chi connectivity index (χ1v) is 9.37. The van der Waals surface area contributed by atoms with Crippen molar-refractivity contribution in [3.63, 3.8) is 0 Å². The molecule has 0 bridgehead atoms. The standard InChI is InChI=1S/C19H19N3O3S/c1-3-11-21-19(23)17-5-4-6-18(12-17)26(24,25)22-14(2)16-9-7-15(13-20)8-10-16/h3-10,12,14,22H,1,11H2,2H3,(H,21,23). The number of amides is 1. The van der Waals surface area contributed by atoms with Crippen molar-refractivity contribution in [2.75, 3.05) is 6.54 Å². The molecule has 0 aliphatic heterocycles. The Bertz CT molecular complexity index is 945. The highest BCUT2D eigenvalue weighted by Crippen LogP contribution is 2.18. The van der Waals surface area contributed by atoms with Crippen molar-refractivity contribution in [1.29, 1.82) is 5.26 Å². The summed E-state index contributed by atoms with van der Waals surface area (Å²) in [6.45, 7) is 5.52. The Morgan fingerprint density at radius 1 is 1.27 bits per heavy atom. The maximum Gasteiger partial charge on any atom is 0.251 e. The molecule has 2 aromatic carbocycles. The van der Waals surface area contributed by atoms with Gasteiger partial charge < -0.3 is 5.32 Å². The second kappa shape index (κ2) is 8.43. The Balaban J connectivity index is 2.19. The van der Waals surface area contributed by atoms with Crippen molar-refractivity contribution in [2.24, 2.45) is 0 Å². The van der Waals surface area contributed by atoms with E-state index in [-0.39, 0.29) is 16.4 Å². The van der Waals surface area contributed by atoms with Gasteiger partial charge in [0.25, 0.3) is 5.91 Å². The van der Waals surface area contributed by atoms with Crippen LogP contribution >= 0.6 is 0 Å². The zero-order valence-corrected chi connectivity index (χ0v) is 15.1. The van der Waals surface area contributed by atoms with Gasteiger partial charge in [-0.1, -0.05) is 24.3 Å². The van der Waals surface area contributed by atoms with E-state index in [1.54, 1.807) is 43.3 Å². The lowest BCUT2D eigenvalue weighted by Crippen LogP contribution is -2.28. The van der Waals surface area contributed by atoms with Crippen LogP contribution < -0.4 is 10.0 Å². The number of rotatable bonds is 7.